The van der Waals surface area contributed by atoms with Gasteiger partial charge in [0.2, 0.25) is 0 Å². The van der Waals surface area contributed by atoms with Crippen LogP contribution in [0.15, 0.2) is 30.3 Å². The van der Waals surface area contributed by atoms with Crippen LogP contribution in [0.3, 0.4) is 0 Å². The maximum absolute atomic E-state index is 12.2. The molecule has 2 atom stereocenters. The highest BCUT2D eigenvalue weighted by atomic mass is 16.6. The van der Waals surface area contributed by atoms with Gasteiger partial charge < -0.3 is 14.7 Å². The number of fused-ring (bicyclic) bond motifs is 1. The quantitative estimate of drug-likeness (QED) is 0.920. The Labute approximate surface area is 135 Å². The monoisotopic (exact) mass is 318 g/mol. The van der Waals surface area contributed by atoms with Crippen molar-refractivity contribution in [1.82, 2.24) is 9.80 Å². The second-order valence-electron chi connectivity index (χ2n) is 6.25. The molecule has 2 heterocycles. The Hall–Kier alpha value is -2.08. The van der Waals surface area contributed by atoms with E-state index in [0.29, 0.717) is 26.1 Å². The SMILES string of the molecule is O=C(O)C1CCC2CN(C(=O)OCc3ccccc3)CCN2C1. The zero-order valence-electron chi connectivity index (χ0n) is 13.1. The fourth-order valence-corrected chi connectivity index (χ4v) is 3.35. The van der Waals surface area contributed by atoms with Gasteiger partial charge in [-0.3, -0.25) is 9.69 Å². The van der Waals surface area contributed by atoms with Gasteiger partial charge in [0.25, 0.3) is 0 Å². The van der Waals surface area contributed by atoms with Gasteiger partial charge in [-0.1, -0.05) is 30.3 Å². The summed E-state index contributed by atoms with van der Waals surface area (Å²) in [5.74, 6) is -0.990. The Bertz CT molecular complexity index is 563. The van der Waals surface area contributed by atoms with Crippen molar-refractivity contribution in [2.75, 3.05) is 26.2 Å². The molecule has 2 saturated heterocycles. The van der Waals surface area contributed by atoms with Crippen molar-refractivity contribution in [1.29, 1.82) is 0 Å². The van der Waals surface area contributed by atoms with E-state index in [9.17, 15) is 9.59 Å². The van der Waals surface area contributed by atoms with Gasteiger partial charge in [-0.05, 0) is 18.4 Å². The first kappa shape index (κ1) is 15.8. The molecule has 2 fully saturated rings. The number of piperidine rings is 1. The molecule has 1 N–H and O–H groups in total. The van der Waals surface area contributed by atoms with Crippen LogP contribution in [0.4, 0.5) is 4.79 Å². The Balaban J connectivity index is 1.49. The van der Waals surface area contributed by atoms with Crippen LogP contribution < -0.4 is 0 Å². The van der Waals surface area contributed by atoms with Gasteiger partial charge >= 0.3 is 12.1 Å². The summed E-state index contributed by atoms with van der Waals surface area (Å²) in [5, 5.41) is 9.14. The van der Waals surface area contributed by atoms with E-state index in [4.69, 9.17) is 9.84 Å². The number of ether oxygens (including phenoxy) is 1. The lowest BCUT2D eigenvalue weighted by Crippen LogP contribution is -2.58. The molecule has 0 radical (unpaired) electrons. The number of carbonyl (C=O) groups excluding carboxylic acids is 1. The number of nitrogens with zero attached hydrogens (tertiary/aromatic N) is 2. The van der Waals surface area contributed by atoms with Crippen molar-refractivity contribution in [2.45, 2.75) is 25.5 Å². The van der Waals surface area contributed by atoms with E-state index >= 15 is 0 Å². The van der Waals surface area contributed by atoms with E-state index in [2.05, 4.69) is 4.90 Å². The average molecular weight is 318 g/mol. The highest BCUT2D eigenvalue weighted by molar-refractivity contribution is 5.70. The highest BCUT2D eigenvalue weighted by Gasteiger charge is 2.36. The predicted octanol–water partition coefficient (Wildman–Crippen LogP) is 1.80. The van der Waals surface area contributed by atoms with E-state index in [0.717, 1.165) is 18.5 Å². The van der Waals surface area contributed by atoms with Crippen molar-refractivity contribution in [2.24, 2.45) is 5.92 Å². The van der Waals surface area contributed by atoms with Crippen molar-refractivity contribution < 1.29 is 19.4 Å². The Kier molecular flexibility index (Phi) is 4.81. The van der Waals surface area contributed by atoms with Crippen LogP contribution in [0.25, 0.3) is 0 Å². The first-order chi connectivity index (χ1) is 11.1. The molecule has 0 bridgehead atoms. The van der Waals surface area contributed by atoms with Crippen LogP contribution >= 0.6 is 0 Å². The largest absolute Gasteiger partial charge is 0.481 e. The van der Waals surface area contributed by atoms with Crippen LogP contribution in [0.1, 0.15) is 18.4 Å². The van der Waals surface area contributed by atoms with Crippen LogP contribution in [-0.4, -0.2) is 59.2 Å². The van der Waals surface area contributed by atoms with Crippen molar-refractivity contribution in [3.8, 4) is 0 Å². The topological polar surface area (TPSA) is 70.1 Å². The second-order valence-corrected chi connectivity index (χ2v) is 6.25. The minimum Gasteiger partial charge on any atom is -0.481 e. The second kappa shape index (κ2) is 7.00. The Morgan fingerprint density at radius 3 is 2.65 bits per heavy atom. The highest BCUT2D eigenvalue weighted by Crippen LogP contribution is 2.25. The number of carbonyl (C=O) groups is 2. The van der Waals surface area contributed by atoms with Crippen molar-refractivity contribution in [3.05, 3.63) is 35.9 Å². The zero-order chi connectivity index (χ0) is 16.2. The maximum Gasteiger partial charge on any atom is 0.410 e. The molecule has 6 nitrogen and oxygen atoms in total. The molecule has 2 aliphatic heterocycles. The normalized spacial score (nSPS) is 24.8. The maximum atomic E-state index is 12.2. The number of rotatable bonds is 3. The third kappa shape index (κ3) is 3.82. The molecular weight excluding hydrogens is 296 g/mol. The Morgan fingerprint density at radius 2 is 1.91 bits per heavy atom. The fourth-order valence-electron chi connectivity index (χ4n) is 3.35. The molecule has 1 aromatic rings. The molecule has 0 saturated carbocycles. The summed E-state index contributed by atoms with van der Waals surface area (Å²) in [6, 6.07) is 9.88. The molecule has 0 spiro atoms. The lowest BCUT2D eigenvalue weighted by Gasteiger charge is -2.45. The van der Waals surface area contributed by atoms with E-state index < -0.39 is 5.97 Å². The van der Waals surface area contributed by atoms with E-state index in [1.54, 1.807) is 4.90 Å². The molecular formula is C17H22N2O4. The lowest BCUT2D eigenvalue weighted by molar-refractivity contribution is -0.144. The van der Waals surface area contributed by atoms with Gasteiger partial charge in [-0.2, -0.15) is 0 Å². The van der Waals surface area contributed by atoms with Crippen molar-refractivity contribution in [3.63, 3.8) is 0 Å². The minimum atomic E-state index is -0.715. The summed E-state index contributed by atoms with van der Waals surface area (Å²) in [6.07, 6.45) is 1.22. The summed E-state index contributed by atoms with van der Waals surface area (Å²) in [5.41, 5.74) is 0.974. The van der Waals surface area contributed by atoms with Crippen LogP contribution in [0, 0.1) is 5.92 Å². The molecule has 3 rings (SSSR count). The standard InChI is InChI=1S/C17H22N2O4/c20-16(21)14-6-7-15-11-19(9-8-18(15)10-14)17(22)23-12-13-4-2-1-3-5-13/h1-5,14-15H,6-12H2,(H,20,21). The summed E-state index contributed by atoms with van der Waals surface area (Å²) in [4.78, 5) is 27.3. The fraction of sp³-hybridized carbons (Fsp3) is 0.529. The number of hydrogen-bond donors (Lipinski definition) is 1. The summed E-state index contributed by atoms with van der Waals surface area (Å²) in [6.45, 7) is 2.81. The van der Waals surface area contributed by atoms with Crippen LogP contribution in [0.5, 0.6) is 0 Å². The minimum absolute atomic E-state index is 0.253. The molecule has 6 heteroatoms. The van der Waals surface area contributed by atoms with Gasteiger partial charge in [-0.25, -0.2) is 4.79 Å². The number of carboxylic acid groups (broad SMARTS) is 1. The third-order valence-electron chi connectivity index (χ3n) is 4.72. The number of aliphatic carboxylic acids is 1. The first-order valence-corrected chi connectivity index (χ1v) is 8.06. The lowest BCUT2D eigenvalue weighted by atomic mass is 9.91. The smallest absolute Gasteiger partial charge is 0.410 e. The number of amides is 1. The summed E-state index contributed by atoms with van der Waals surface area (Å²) >= 11 is 0. The van der Waals surface area contributed by atoms with E-state index in [-0.39, 0.29) is 24.7 Å². The first-order valence-electron chi connectivity index (χ1n) is 8.06. The van der Waals surface area contributed by atoms with Gasteiger partial charge in [0.05, 0.1) is 5.92 Å². The third-order valence-corrected chi connectivity index (χ3v) is 4.72. The predicted molar refractivity (Wildman–Crippen MR) is 83.9 cm³/mol. The van der Waals surface area contributed by atoms with E-state index in [1.807, 2.05) is 30.3 Å². The number of carboxylic acids is 1. The van der Waals surface area contributed by atoms with Gasteiger partial charge in [0, 0.05) is 32.2 Å². The summed E-state index contributed by atoms with van der Waals surface area (Å²) < 4.78 is 5.38. The zero-order valence-corrected chi connectivity index (χ0v) is 13.1. The van der Waals surface area contributed by atoms with Crippen molar-refractivity contribution >= 4 is 12.1 Å². The van der Waals surface area contributed by atoms with Crippen LogP contribution in [-0.2, 0) is 16.1 Å². The molecule has 0 aromatic heterocycles. The van der Waals surface area contributed by atoms with Crippen LogP contribution in [0.2, 0.25) is 0 Å². The van der Waals surface area contributed by atoms with E-state index in [1.165, 1.54) is 0 Å². The molecule has 2 unspecified atom stereocenters. The number of benzene rings is 1. The van der Waals surface area contributed by atoms with Gasteiger partial charge in [-0.15, -0.1) is 0 Å². The van der Waals surface area contributed by atoms with Gasteiger partial charge in [0.15, 0.2) is 0 Å². The molecule has 124 valence electrons. The van der Waals surface area contributed by atoms with Gasteiger partial charge in [0.1, 0.15) is 6.61 Å². The molecule has 1 aromatic carbocycles. The molecule has 0 aliphatic carbocycles. The number of hydrogen-bond acceptors (Lipinski definition) is 4. The molecule has 2 aliphatic rings. The molecule has 1 amide bonds. The average Bonchev–Trinajstić information content (AvgIpc) is 2.59. The Morgan fingerprint density at radius 1 is 1.13 bits per heavy atom. The summed E-state index contributed by atoms with van der Waals surface area (Å²) in [7, 11) is 0. The molecule has 23 heavy (non-hydrogen) atoms. The number of piperazine rings is 1.